The highest BCUT2D eigenvalue weighted by atomic mass is 32.2. The molecule has 7 heteroatoms. The van der Waals surface area contributed by atoms with E-state index in [4.69, 9.17) is 5.73 Å². The quantitative estimate of drug-likeness (QED) is 0.748. The van der Waals surface area contributed by atoms with E-state index in [1.54, 1.807) is 26.0 Å². The van der Waals surface area contributed by atoms with Crippen LogP contribution in [-0.2, 0) is 14.8 Å². The Balaban J connectivity index is 2.08. The summed E-state index contributed by atoms with van der Waals surface area (Å²) in [7, 11) is -3.51. The number of benzene rings is 1. The number of hydrogen-bond acceptors (Lipinski definition) is 4. The fourth-order valence-corrected chi connectivity index (χ4v) is 2.96. The molecule has 0 bridgehead atoms. The molecule has 1 aromatic carbocycles. The molecular weight excluding hydrogens is 278 g/mol. The summed E-state index contributed by atoms with van der Waals surface area (Å²) in [4.78, 5) is 11.9. The molecule has 6 nitrogen and oxygen atoms in total. The van der Waals surface area contributed by atoms with Crippen molar-refractivity contribution in [3.63, 3.8) is 0 Å². The molecule has 0 radical (unpaired) electrons. The van der Waals surface area contributed by atoms with Crippen molar-refractivity contribution in [1.29, 1.82) is 0 Å². The molecule has 1 fully saturated rings. The topological polar surface area (TPSA) is 101 Å². The molecule has 1 aliphatic carbocycles. The Labute approximate surface area is 118 Å². The van der Waals surface area contributed by atoms with Gasteiger partial charge < -0.3 is 11.1 Å². The van der Waals surface area contributed by atoms with Gasteiger partial charge in [-0.15, -0.1) is 0 Å². The molecule has 0 unspecified atom stereocenters. The number of carbonyl (C=O) groups is 1. The minimum absolute atomic E-state index is 0.165. The number of rotatable bonds is 5. The Morgan fingerprint density at radius 3 is 2.25 bits per heavy atom. The van der Waals surface area contributed by atoms with Crippen LogP contribution in [-0.4, -0.2) is 25.9 Å². The van der Waals surface area contributed by atoms with Crippen LogP contribution >= 0.6 is 0 Å². The molecule has 1 saturated carbocycles. The molecule has 1 aromatic rings. The molecule has 1 amide bonds. The fraction of sp³-hybridized carbons (Fsp3) is 0.462. The van der Waals surface area contributed by atoms with Crippen LogP contribution in [0.2, 0.25) is 0 Å². The van der Waals surface area contributed by atoms with Crippen LogP contribution in [0.15, 0.2) is 29.2 Å². The van der Waals surface area contributed by atoms with Gasteiger partial charge in [-0.05, 0) is 51.0 Å². The minimum Gasteiger partial charge on any atom is -0.324 e. The van der Waals surface area contributed by atoms with Crippen LogP contribution in [0.3, 0.4) is 0 Å². The van der Waals surface area contributed by atoms with E-state index >= 15 is 0 Å². The van der Waals surface area contributed by atoms with Gasteiger partial charge in [0, 0.05) is 11.7 Å². The molecule has 0 spiro atoms. The monoisotopic (exact) mass is 297 g/mol. The van der Waals surface area contributed by atoms with Gasteiger partial charge in [0.25, 0.3) is 0 Å². The smallest absolute Gasteiger partial charge is 0.244 e. The van der Waals surface area contributed by atoms with E-state index in [2.05, 4.69) is 10.0 Å². The summed E-state index contributed by atoms with van der Waals surface area (Å²) < 4.78 is 26.3. The summed E-state index contributed by atoms with van der Waals surface area (Å²) in [5, 5.41) is 2.68. The van der Waals surface area contributed by atoms with E-state index in [1.807, 2.05) is 0 Å². The van der Waals surface area contributed by atoms with Crippen molar-refractivity contribution in [3.05, 3.63) is 24.3 Å². The van der Waals surface area contributed by atoms with Crippen molar-refractivity contribution >= 4 is 21.6 Å². The first-order valence-corrected chi connectivity index (χ1v) is 7.94. The predicted octanol–water partition coefficient (Wildman–Crippen LogP) is 0.803. The number of hydrogen-bond donors (Lipinski definition) is 3. The molecule has 0 aromatic heterocycles. The normalized spacial score (nSPS) is 17.0. The van der Waals surface area contributed by atoms with Gasteiger partial charge in [0.05, 0.1) is 10.4 Å². The second kappa shape index (κ2) is 5.16. The Morgan fingerprint density at radius 1 is 1.25 bits per heavy atom. The van der Waals surface area contributed by atoms with E-state index in [1.165, 1.54) is 12.1 Å². The van der Waals surface area contributed by atoms with E-state index in [-0.39, 0.29) is 16.8 Å². The summed E-state index contributed by atoms with van der Waals surface area (Å²) in [5.41, 5.74) is 5.57. The van der Waals surface area contributed by atoms with Crippen molar-refractivity contribution in [2.45, 2.75) is 43.2 Å². The van der Waals surface area contributed by atoms with Crippen LogP contribution in [0.4, 0.5) is 5.69 Å². The number of amides is 1. The van der Waals surface area contributed by atoms with Crippen LogP contribution < -0.4 is 15.8 Å². The van der Waals surface area contributed by atoms with Gasteiger partial charge in [-0.25, -0.2) is 13.1 Å². The molecule has 4 N–H and O–H groups in total. The van der Waals surface area contributed by atoms with Gasteiger partial charge in [0.1, 0.15) is 0 Å². The van der Waals surface area contributed by atoms with Crippen molar-refractivity contribution in [3.8, 4) is 0 Å². The van der Waals surface area contributed by atoms with E-state index < -0.39 is 15.6 Å². The highest BCUT2D eigenvalue weighted by Gasteiger charge is 2.45. The average molecular weight is 297 g/mol. The van der Waals surface area contributed by atoms with Crippen molar-refractivity contribution < 1.29 is 13.2 Å². The van der Waals surface area contributed by atoms with Crippen LogP contribution in [0.25, 0.3) is 0 Å². The lowest BCUT2D eigenvalue weighted by Gasteiger charge is -2.12. The van der Waals surface area contributed by atoms with E-state index in [0.717, 1.165) is 0 Å². The predicted molar refractivity (Wildman–Crippen MR) is 76.7 cm³/mol. The van der Waals surface area contributed by atoms with Gasteiger partial charge in [0.15, 0.2) is 0 Å². The molecule has 2 rings (SSSR count). The largest absolute Gasteiger partial charge is 0.324 e. The number of nitrogens with one attached hydrogen (secondary N) is 2. The molecule has 0 heterocycles. The lowest BCUT2D eigenvalue weighted by molar-refractivity contribution is -0.118. The third kappa shape index (κ3) is 3.36. The molecule has 20 heavy (non-hydrogen) atoms. The lowest BCUT2D eigenvalue weighted by Crippen LogP contribution is -2.37. The van der Waals surface area contributed by atoms with E-state index in [9.17, 15) is 13.2 Å². The first-order chi connectivity index (χ1) is 9.23. The SMILES string of the molecule is CC(C)NS(=O)(=O)c1ccc(NC(=O)C2(N)CC2)cc1. The summed E-state index contributed by atoms with van der Waals surface area (Å²) in [6.07, 6.45) is 1.37. The highest BCUT2D eigenvalue weighted by Crippen LogP contribution is 2.33. The Hall–Kier alpha value is -1.44. The third-order valence-electron chi connectivity index (χ3n) is 3.05. The molecule has 0 saturated heterocycles. The second-order valence-corrected chi connectivity index (χ2v) is 7.12. The van der Waals surface area contributed by atoms with Crippen LogP contribution in [0.5, 0.6) is 0 Å². The number of carbonyl (C=O) groups excluding carboxylic acids is 1. The Morgan fingerprint density at radius 2 is 1.80 bits per heavy atom. The summed E-state index contributed by atoms with van der Waals surface area (Å²) >= 11 is 0. The molecule has 0 aliphatic heterocycles. The highest BCUT2D eigenvalue weighted by molar-refractivity contribution is 7.89. The van der Waals surface area contributed by atoms with Crippen LogP contribution in [0.1, 0.15) is 26.7 Å². The maximum atomic E-state index is 11.9. The summed E-state index contributed by atoms with van der Waals surface area (Å²) in [5.74, 6) is -0.228. The van der Waals surface area contributed by atoms with Gasteiger partial charge in [-0.2, -0.15) is 0 Å². The standard InChI is InChI=1S/C13H19N3O3S/c1-9(2)16-20(18,19)11-5-3-10(4-6-11)15-12(17)13(14)7-8-13/h3-6,9,16H,7-8,14H2,1-2H3,(H,15,17). The average Bonchev–Trinajstić information content (AvgIpc) is 3.08. The van der Waals surface area contributed by atoms with Gasteiger partial charge in [-0.1, -0.05) is 0 Å². The lowest BCUT2D eigenvalue weighted by atomic mass is 10.2. The zero-order valence-corrected chi connectivity index (χ0v) is 12.3. The zero-order chi connectivity index (χ0) is 15.0. The summed E-state index contributed by atoms with van der Waals surface area (Å²) in [6.45, 7) is 3.50. The van der Waals surface area contributed by atoms with Crippen LogP contribution in [0, 0.1) is 0 Å². The number of anilines is 1. The first-order valence-electron chi connectivity index (χ1n) is 6.46. The Bertz CT molecular complexity index is 604. The van der Waals surface area contributed by atoms with Crippen molar-refractivity contribution in [1.82, 2.24) is 4.72 Å². The van der Waals surface area contributed by atoms with Crippen molar-refractivity contribution in [2.75, 3.05) is 5.32 Å². The Kier molecular flexibility index (Phi) is 3.86. The fourth-order valence-electron chi connectivity index (χ4n) is 1.71. The van der Waals surface area contributed by atoms with Crippen molar-refractivity contribution in [2.24, 2.45) is 5.73 Å². The van der Waals surface area contributed by atoms with Gasteiger partial charge >= 0.3 is 0 Å². The number of sulfonamides is 1. The zero-order valence-electron chi connectivity index (χ0n) is 11.5. The molecule has 1 aliphatic rings. The molecular formula is C13H19N3O3S. The maximum Gasteiger partial charge on any atom is 0.244 e. The van der Waals surface area contributed by atoms with Gasteiger partial charge in [-0.3, -0.25) is 4.79 Å². The molecule has 0 atom stereocenters. The number of nitrogens with two attached hydrogens (primary N) is 1. The maximum absolute atomic E-state index is 11.9. The minimum atomic E-state index is -3.51. The summed E-state index contributed by atoms with van der Waals surface area (Å²) in [6, 6.07) is 5.84. The second-order valence-electron chi connectivity index (χ2n) is 5.41. The van der Waals surface area contributed by atoms with E-state index in [0.29, 0.717) is 18.5 Å². The molecule has 110 valence electrons. The first kappa shape index (κ1) is 15.0. The third-order valence-corrected chi connectivity index (χ3v) is 4.73. The van der Waals surface area contributed by atoms with Gasteiger partial charge in [0.2, 0.25) is 15.9 Å².